The molecule has 5 nitrogen and oxygen atoms in total. The fraction of sp³-hybridized carbons (Fsp3) is 0.739. The molecule has 4 aliphatic rings. The maximum Gasteiger partial charge on any atom is 0.191 e. The molecule has 3 saturated carbocycles. The molecule has 0 bridgehead atoms. The SMILES string of the molecule is CC(=O)[C@H]1CC[C@H]2[C@@H]3CCC4=CC(=O)C=C(OCOCO)[C@]4(C)[C@H]3CC[C@]12C. The van der Waals surface area contributed by atoms with Gasteiger partial charge in [0.05, 0.1) is 0 Å². The van der Waals surface area contributed by atoms with Crippen LogP contribution in [0.4, 0.5) is 0 Å². The van der Waals surface area contributed by atoms with Gasteiger partial charge in [-0.25, -0.2) is 0 Å². The summed E-state index contributed by atoms with van der Waals surface area (Å²) in [5, 5.41) is 8.91. The van der Waals surface area contributed by atoms with Gasteiger partial charge in [0, 0.05) is 17.4 Å². The zero-order valence-electron chi connectivity index (χ0n) is 17.2. The van der Waals surface area contributed by atoms with E-state index in [4.69, 9.17) is 14.6 Å². The molecular formula is C23H32O5. The molecule has 0 aromatic carbocycles. The molecule has 3 fully saturated rings. The van der Waals surface area contributed by atoms with E-state index >= 15 is 0 Å². The predicted octanol–water partition coefficient (Wildman–Crippen LogP) is 3.77. The van der Waals surface area contributed by atoms with Crippen LogP contribution in [0.2, 0.25) is 0 Å². The van der Waals surface area contributed by atoms with Gasteiger partial charge in [-0.15, -0.1) is 0 Å². The lowest BCUT2D eigenvalue weighted by Crippen LogP contribution is -2.51. The van der Waals surface area contributed by atoms with E-state index in [0.717, 1.165) is 38.5 Å². The van der Waals surface area contributed by atoms with Crippen molar-refractivity contribution >= 4 is 11.6 Å². The highest BCUT2D eigenvalue weighted by Crippen LogP contribution is 2.67. The van der Waals surface area contributed by atoms with Crippen LogP contribution < -0.4 is 0 Å². The molecule has 0 unspecified atom stereocenters. The fourth-order valence-corrected chi connectivity index (χ4v) is 7.28. The molecule has 0 amide bonds. The Morgan fingerprint density at radius 2 is 1.96 bits per heavy atom. The summed E-state index contributed by atoms with van der Waals surface area (Å²) in [7, 11) is 0. The molecule has 0 spiro atoms. The third-order valence-electron chi connectivity index (χ3n) is 8.57. The maximum absolute atomic E-state index is 12.3. The summed E-state index contributed by atoms with van der Waals surface area (Å²) in [5.41, 5.74) is 0.982. The van der Waals surface area contributed by atoms with Crippen molar-refractivity contribution in [1.29, 1.82) is 0 Å². The summed E-state index contributed by atoms with van der Waals surface area (Å²) in [6.07, 6.45) is 9.65. The van der Waals surface area contributed by atoms with Crippen LogP contribution in [0.1, 0.15) is 59.3 Å². The number of hydrogen-bond donors (Lipinski definition) is 1. The number of carbonyl (C=O) groups is 2. The van der Waals surface area contributed by atoms with E-state index in [2.05, 4.69) is 13.8 Å². The molecule has 0 aromatic heterocycles. The van der Waals surface area contributed by atoms with Crippen molar-refractivity contribution in [3.63, 3.8) is 0 Å². The summed E-state index contributed by atoms with van der Waals surface area (Å²) in [4.78, 5) is 24.5. The number of fused-ring (bicyclic) bond motifs is 5. The van der Waals surface area contributed by atoms with Gasteiger partial charge in [-0.2, -0.15) is 0 Å². The number of ketones is 2. The molecule has 28 heavy (non-hydrogen) atoms. The van der Waals surface area contributed by atoms with Gasteiger partial charge in [-0.05, 0) is 81.6 Å². The molecule has 0 aromatic rings. The van der Waals surface area contributed by atoms with Crippen molar-refractivity contribution in [3.05, 3.63) is 23.5 Å². The number of allylic oxidation sites excluding steroid dienone is 3. The molecule has 4 rings (SSSR count). The largest absolute Gasteiger partial charge is 0.471 e. The second-order valence-corrected chi connectivity index (χ2v) is 9.58. The average molecular weight is 389 g/mol. The Kier molecular flexibility index (Phi) is 5.03. The topological polar surface area (TPSA) is 72.8 Å². The quantitative estimate of drug-likeness (QED) is 0.573. The van der Waals surface area contributed by atoms with E-state index in [9.17, 15) is 9.59 Å². The van der Waals surface area contributed by atoms with E-state index in [1.807, 2.05) is 0 Å². The van der Waals surface area contributed by atoms with Crippen molar-refractivity contribution in [1.82, 2.24) is 0 Å². The normalized spacial score (nSPS) is 42.1. The highest BCUT2D eigenvalue weighted by Gasteiger charge is 2.61. The molecule has 5 heteroatoms. The molecule has 0 heterocycles. The number of carbonyl (C=O) groups excluding carboxylic acids is 2. The second kappa shape index (κ2) is 7.10. The van der Waals surface area contributed by atoms with E-state index in [0.29, 0.717) is 29.3 Å². The summed E-state index contributed by atoms with van der Waals surface area (Å²) < 4.78 is 10.9. The number of hydrogen-bond acceptors (Lipinski definition) is 5. The lowest BCUT2D eigenvalue weighted by Gasteiger charge is -2.57. The smallest absolute Gasteiger partial charge is 0.191 e. The van der Waals surface area contributed by atoms with Crippen LogP contribution in [0.5, 0.6) is 0 Å². The van der Waals surface area contributed by atoms with Crippen LogP contribution >= 0.6 is 0 Å². The van der Waals surface area contributed by atoms with Crippen molar-refractivity contribution in [2.75, 3.05) is 13.6 Å². The van der Waals surface area contributed by atoms with Crippen molar-refractivity contribution < 1.29 is 24.2 Å². The summed E-state index contributed by atoms with van der Waals surface area (Å²) in [5.74, 6) is 2.71. The summed E-state index contributed by atoms with van der Waals surface area (Å²) in [6, 6.07) is 0. The van der Waals surface area contributed by atoms with Gasteiger partial charge in [0.1, 0.15) is 18.3 Å². The first kappa shape index (κ1) is 19.8. The minimum Gasteiger partial charge on any atom is -0.471 e. The Labute approximate surface area is 167 Å². The van der Waals surface area contributed by atoms with Gasteiger partial charge >= 0.3 is 0 Å². The molecule has 0 radical (unpaired) electrons. The van der Waals surface area contributed by atoms with Crippen molar-refractivity contribution in [3.8, 4) is 0 Å². The Hall–Kier alpha value is -1.46. The summed E-state index contributed by atoms with van der Waals surface area (Å²) >= 11 is 0. The van der Waals surface area contributed by atoms with E-state index in [-0.39, 0.29) is 29.3 Å². The van der Waals surface area contributed by atoms with Gasteiger partial charge < -0.3 is 14.6 Å². The lowest BCUT2D eigenvalue weighted by molar-refractivity contribution is -0.130. The van der Waals surface area contributed by atoms with Crippen LogP contribution in [0.25, 0.3) is 0 Å². The minimum atomic E-state index is -0.403. The molecule has 0 saturated heterocycles. The molecule has 4 aliphatic carbocycles. The van der Waals surface area contributed by atoms with E-state index < -0.39 is 6.79 Å². The number of aliphatic hydroxyl groups is 1. The Morgan fingerprint density at radius 1 is 1.18 bits per heavy atom. The highest BCUT2D eigenvalue weighted by molar-refractivity contribution is 6.01. The molecule has 154 valence electrons. The number of rotatable bonds is 5. The van der Waals surface area contributed by atoms with Crippen LogP contribution in [0.15, 0.2) is 23.5 Å². The standard InChI is InChI=1S/C23H32O5/c1-14(25)18-6-7-19-17-5-4-15-10-16(26)11-21(28-13-27-12-24)23(15,3)20(17)8-9-22(18,19)2/h10-11,17-20,24H,4-9,12-13H2,1-3H3/t17-,18+,19-,20-,22+,23-/m0/s1. The van der Waals surface area contributed by atoms with Crippen LogP contribution in [-0.4, -0.2) is 30.3 Å². The first-order chi connectivity index (χ1) is 13.3. The van der Waals surface area contributed by atoms with Crippen LogP contribution in [0, 0.1) is 34.5 Å². The first-order valence-electron chi connectivity index (χ1n) is 10.6. The molecule has 0 aliphatic heterocycles. The van der Waals surface area contributed by atoms with Gasteiger partial charge in [0.25, 0.3) is 0 Å². The lowest BCUT2D eigenvalue weighted by atomic mass is 9.47. The Balaban J connectivity index is 1.65. The number of Topliss-reactive ketones (excluding diaryl/α,β-unsaturated/α-hetero) is 1. The molecule has 6 atom stereocenters. The van der Waals surface area contributed by atoms with Gasteiger partial charge in [0.2, 0.25) is 0 Å². The number of aliphatic hydroxyl groups excluding tert-OH is 1. The third kappa shape index (κ3) is 2.81. The maximum atomic E-state index is 12.3. The fourth-order valence-electron chi connectivity index (χ4n) is 7.28. The van der Waals surface area contributed by atoms with Crippen LogP contribution in [0.3, 0.4) is 0 Å². The van der Waals surface area contributed by atoms with E-state index in [1.165, 1.54) is 5.57 Å². The van der Waals surface area contributed by atoms with Crippen LogP contribution in [-0.2, 0) is 19.1 Å². The minimum absolute atomic E-state index is 0.0249. The Morgan fingerprint density at radius 3 is 2.68 bits per heavy atom. The van der Waals surface area contributed by atoms with Gasteiger partial charge in [0.15, 0.2) is 12.6 Å². The van der Waals surface area contributed by atoms with Crippen molar-refractivity contribution in [2.24, 2.45) is 34.5 Å². The highest BCUT2D eigenvalue weighted by atomic mass is 16.7. The number of ether oxygens (including phenoxy) is 2. The average Bonchev–Trinajstić information content (AvgIpc) is 3.00. The monoisotopic (exact) mass is 388 g/mol. The third-order valence-corrected chi connectivity index (χ3v) is 8.57. The first-order valence-corrected chi connectivity index (χ1v) is 10.6. The molecular weight excluding hydrogens is 356 g/mol. The van der Waals surface area contributed by atoms with Crippen molar-refractivity contribution in [2.45, 2.75) is 59.3 Å². The predicted molar refractivity (Wildman–Crippen MR) is 104 cm³/mol. The zero-order valence-corrected chi connectivity index (χ0v) is 17.2. The Bertz CT molecular complexity index is 737. The van der Waals surface area contributed by atoms with Gasteiger partial charge in [-0.3, -0.25) is 9.59 Å². The summed E-state index contributed by atoms with van der Waals surface area (Å²) in [6.45, 7) is 5.86. The van der Waals surface area contributed by atoms with Gasteiger partial charge in [-0.1, -0.05) is 12.5 Å². The zero-order chi connectivity index (χ0) is 20.1. The molecule has 1 N–H and O–H groups in total. The second-order valence-electron chi connectivity index (χ2n) is 9.58. The van der Waals surface area contributed by atoms with E-state index in [1.54, 1.807) is 19.1 Å².